The monoisotopic (exact) mass is 320 g/mol. The second-order valence-corrected chi connectivity index (χ2v) is 4.90. The Labute approximate surface area is 128 Å². The maximum atomic E-state index is 12.2. The molecule has 3 rings (SSSR count). The van der Waals surface area contributed by atoms with Gasteiger partial charge in [0.2, 0.25) is 5.91 Å². The summed E-state index contributed by atoms with van der Waals surface area (Å²) in [5.41, 5.74) is 7.71. The zero-order chi connectivity index (χ0) is 16.6. The van der Waals surface area contributed by atoms with Gasteiger partial charge in [-0.05, 0) is 35.9 Å². The Balaban J connectivity index is 2.06. The molecule has 0 spiro atoms. The Morgan fingerprint density at radius 3 is 2.39 bits per heavy atom. The van der Waals surface area contributed by atoms with E-state index in [4.69, 9.17) is 5.73 Å². The number of primary amides is 1. The van der Waals surface area contributed by atoms with Crippen LogP contribution in [0.4, 0.5) is 13.2 Å². The van der Waals surface area contributed by atoms with Crippen LogP contribution < -0.4 is 10.5 Å². The Morgan fingerprint density at radius 1 is 1.09 bits per heavy atom. The van der Waals surface area contributed by atoms with Crippen molar-refractivity contribution in [2.24, 2.45) is 5.73 Å². The molecule has 0 unspecified atom stereocenters. The lowest BCUT2D eigenvalue weighted by molar-refractivity contribution is -0.274. The summed E-state index contributed by atoms with van der Waals surface area (Å²) >= 11 is 0. The van der Waals surface area contributed by atoms with Gasteiger partial charge in [-0.3, -0.25) is 4.79 Å². The summed E-state index contributed by atoms with van der Waals surface area (Å²) in [5, 5.41) is 0.784. The molecule has 0 fully saturated rings. The van der Waals surface area contributed by atoms with Crippen LogP contribution in [0.1, 0.15) is 10.4 Å². The van der Waals surface area contributed by atoms with E-state index in [1.165, 1.54) is 24.3 Å². The predicted octanol–water partition coefficient (Wildman–Crippen LogP) is 3.83. The first-order chi connectivity index (χ1) is 10.8. The number of benzene rings is 2. The van der Waals surface area contributed by atoms with Crippen LogP contribution in [0.15, 0.2) is 48.7 Å². The minimum atomic E-state index is -4.74. The summed E-state index contributed by atoms with van der Waals surface area (Å²) in [7, 11) is 0. The molecule has 0 atom stereocenters. The number of hydrogen-bond acceptors (Lipinski definition) is 2. The number of carbonyl (C=O) groups is 1. The Bertz CT molecular complexity index is 867. The molecule has 1 aromatic heterocycles. The largest absolute Gasteiger partial charge is 0.573 e. The van der Waals surface area contributed by atoms with Crippen molar-refractivity contribution in [2.45, 2.75) is 6.36 Å². The fourth-order valence-electron chi connectivity index (χ4n) is 2.38. The van der Waals surface area contributed by atoms with E-state index in [-0.39, 0.29) is 5.75 Å². The first kappa shape index (κ1) is 15.0. The van der Waals surface area contributed by atoms with Gasteiger partial charge in [-0.1, -0.05) is 12.1 Å². The van der Waals surface area contributed by atoms with Crippen LogP contribution in [0.3, 0.4) is 0 Å². The molecule has 1 amide bonds. The summed E-state index contributed by atoms with van der Waals surface area (Å²) in [6, 6.07) is 10.4. The van der Waals surface area contributed by atoms with E-state index in [2.05, 4.69) is 9.72 Å². The van der Waals surface area contributed by atoms with E-state index in [0.717, 1.165) is 10.9 Å². The molecule has 3 N–H and O–H groups in total. The first-order valence-electron chi connectivity index (χ1n) is 6.60. The summed E-state index contributed by atoms with van der Waals surface area (Å²) in [5.74, 6) is -0.888. The van der Waals surface area contributed by atoms with Crippen LogP contribution in [-0.2, 0) is 0 Å². The molecule has 0 saturated carbocycles. The van der Waals surface area contributed by atoms with Crippen molar-refractivity contribution in [3.8, 4) is 16.9 Å². The molecule has 3 aromatic rings. The van der Waals surface area contributed by atoms with E-state index in [1.807, 2.05) is 0 Å². The lowest BCUT2D eigenvalue weighted by Gasteiger charge is -2.10. The van der Waals surface area contributed by atoms with Crippen molar-refractivity contribution in [1.29, 1.82) is 0 Å². The molecule has 1 heterocycles. The Morgan fingerprint density at radius 2 is 1.78 bits per heavy atom. The van der Waals surface area contributed by atoms with Gasteiger partial charge < -0.3 is 15.5 Å². The van der Waals surface area contributed by atoms with E-state index in [9.17, 15) is 18.0 Å². The SMILES string of the molecule is NC(=O)c1cc(-c2ccc(OC(F)(F)F)cc2)c2[nH]ccc2c1. The standard InChI is InChI=1S/C16H11F3N2O2/c17-16(18,19)23-12-3-1-9(2-4-12)13-8-11(15(20)22)7-10-5-6-21-14(10)13/h1-8,21H,(H2,20,22). The lowest BCUT2D eigenvalue weighted by Crippen LogP contribution is -2.16. The molecule has 0 bridgehead atoms. The topological polar surface area (TPSA) is 68.1 Å². The third-order valence-electron chi connectivity index (χ3n) is 3.34. The molecule has 0 saturated heterocycles. The number of ether oxygens (including phenoxy) is 1. The number of nitrogens with two attached hydrogens (primary N) is 1. The average Bonchev–Trinajstić information content (AvgIpc) is 2.93. The second-order valence-electron chi connectivity index (χ2n) is 4.90. The van der Waals surface area contributed by atoms with E-state index >= 15 is 0 Å². The quantitative estimate of drug-likeness (QED) is 0.770. The van der Waals surface area contributed by atoms with Crippen molar-refractivity contribution >= 4 is 16.8 Å². The molecule has 0 aliphatic heterocycles. The van der Waals surface area contributed by atoms with Gasteiger partial charge in [0.25, 0.3) is 0 Å². The highest BCUT2D eigenvalue weighted by Crippen LogP contribution is 2.31. The Kier molecular flexibility index (Phi) is 3.48. The first-order valence-corrected chi connectivity index (χ1v) is 6.60. The van der Waals surface area contributed by atoms with E-state index in [1.54, 1.807) is 24.4 Å². The summed E-state index contributed by atoms with van der Waals surface area (Å²) in [6.45, 7) is 0. The van der Waals surface area contributed by atoms with Crippen LogP contribution in [0.2, 0.25) is 0 Å². The number of aromatic amines is 1. The molecule has 2 aromatic carbocycles. The van der Waals surface area contributed by atoms with Crippen molar-refractivity contribution in [3.63, 3.8) is 0 Å². The minimum absolute atomic E-state index is 0.310. The number of alkyl halides is 3. The molecule has 23 heavy (non-hydrogen) atoms. The fourth-order valence-corrected chi connectivity index (χ4v) is 2.38. The molecule has 7 heteroatoms. The maximum Gasteiger partial charge on any atom is 0.573 e. The Hall–Kier alpha value is -2.96. The van der Waals surface area contributed by atoms with Gasteiger partial charge in [-0.25, -0.2) is 0 Å². The fraction of sp³-hybridized carbons (Fsp3) is 0.0625. The van der Waals surface area contributed by atoms with Gasteiger partial charge in [-0.2, -0.15) is 0 Å². The van der Waals surface area contributed by atoms with Gasteiger partial charge >= 0.3 is 6.36 Å². The van der Waals surface area contributed by atoms with Crippen LogP contribution in [0.25, 0.3) is 22.0 Å². The number of rotatable bonds is 3. The van der Waals surface area contributed by atoms with Crippen LogP contribution in [0.5, 0.6) is 5.75 Å². The lowest BCUT2D eigenvalue weighted by atomic mass is 9.99. The van der Waals surface area contributed by atoms with Crippen LogP contribution in [0, 0.1) is 0 Å². The van der Waals surface area contributed by atoms with E-state index < -0.39 is 12.3 Å². The summed E-state index contributed by atoms with van der Waals surface area (Å²) < 4.78 is 40.4. The molecule has 0 radical (unpaired) electrons. The average molecular weight is 320 g/mol. The number of hydrogen-bond donors (Lipinski definition) is 2. The minimum Gasteiger partial charge on any atom is -0.406 e. The molecule has 4 nitrogen and oxygen atoms in total. The van der Waals surface area contributed by atoms with Crippen molar-refractivity contribution in [1.82, 2.24) is 4.98 Å². The third-order valence-corrected chi connectivity index (χ3v) is 3.34. The second kappa shape index (κ2) is 5.35. The number of fused-ring (bicyclic) bond motifs is 1. The van der Waals surface area contributed by atoms with Crippen molar-refractivity contribution in [2.75, 3.05) is 0 Å². The normalized spacial score (nSPS) is 11.6. The van der Waals surface area contributed by atoms with Gasteiger partial charge in [0.05, 0.1) is 5.52 Å². The van der Waals surface area contributed by atoms with Gasteiger partial charge in [0.1, 0.15) is 5.75 Å². The van der Waals surface area contributed by atoms with Gasteiger partial charge in [-0.15, -0.1) is 13.2 Å². The highest BCUT2D eigenvalue weighted by Gasteiger charge is 2.31. The molecule has 0 aliphatic rings. The van der Waals surface area contributed by atoms with Crippen LogP contribution in [-0.4, -0.2) is 17.3 Å². The highest BCUT2D eigenvalue weighted by molar-refractivity contribution is 6.03. The van der Waals surface area contributed by atoms with E-state index in [0.29, 0.717) is 16.7 Å². The van der Waals surface area contributed by atoms with Gasteiger partial charge in [0, 0.05) is 22.7 Å². The molecular formula is C16H11F3N2O2. The zero-order valence-electron chi connectivity index (χ0n) is 11.6. The number of halogens is 3. The summed E-state index contributed by atoms with van der Waals surface area (Å²) in [6.07, 6.45) is -3.03. The number of nitrogens with one attached hydrogen (secondary N) is 1. The van der Waals surface area contributed by atoms with Crippen LogP contribution >= 0.6 is 0 Å². The number of H-pyrrole nitrogens is 1. The molecule has 118 valence electrons. The molecular weight excluding hydrogens is 309 g/mol. The number of amides is 1. The third kappa shape index (κ3) is 3.13. The predicted molar refractivity (Wildman–Crippen MR) is 78.9 cm³/mol. The smallest absolute Gasteiger partial charge is 0.406 e. The number of carbonyl (C=O) groups excluding carboxylic acids is 1. The van der Waals surface area contributed by atoms with Crippen molar-refractivity contribution < 1.29 is 22.7 Å². The van der Waals surface area contributed by atoms with Gasteiger partial charge in [0.15, 0.2) is 0 Å². The zero-order valence-corrected chi connectivity index (χ0v) is 11.6. The van der Waals surface area contributed by atoms with Crippen molar-refractivity contribution in [3.05, 3.63) is 54.2 Å². The highest BCUT2D eigenvalue weighted by atomic mass is 19.4. The molecule has 0 aliphatic carbocycles. The maximum absolute atomic E-state index is 12.2. The number of aromatic nitrogens is 1. The summed E-state index contributed by atoms with van der Waals surface area (Å²) in [4.78, 5) is 14.5.